The van der Waals surface area contributed by atoms with Crippen LogP contribution in [0, 0.1) is 24.2 Å². The molecule has 18 heavy (non-hydrogen) atoms. The van der Waals surface area contributed by atoms with Crippen LogP contribution in [0.1, 0.15) is 37.6 Å². The summed E-state index contributed by atoms with van der Waals surface area (Å²) in [5, 5.41) is 17.5. The minimum atomic E-state index is -0.202. The molecule has 2 heterocycles. The first-order valence-electron chi connectivity index (χ1n) is 6.35. The van der Waals surface area contributed by atoms with Crippen LogP contribution in [0.5, 0.6) is 0 Å². The standard InChI is InChI=1S/C13H16N4O/c1-3-17-12(4-9(2)15-17)11-7-13(18-16-11)5-10(6-13)8-14/h4,10H,3,5-7H2,1-2H3. The van der Waals surface area contributed by atoms with Crippen LogP contribution < -0.4 is 0 Å². The molecule has 0 aromatic carbocycles. The van der Waals surface area contributed by atoms with E-state index in [0.717, 1.165) is 42.9 Å². The number of aryl methyl sites for hydroxylation is 2. The van der Waals surface area contributed by atoms with Crippen molar-refractivity contribution in [3.63, 3.8) is 0 Å². The van der Waals surface area contributed by atoms with Gasteiger partial charge in [0.15, 0.2) is 0 Å². The Bertz CT molecular complexity index is 546. The van der Waals surface area contributed by atoms with Crippen LogP contribution in [-0.4, -0.2) is 21.1 Å². The second kappa shape index (κ2) is 3.84. The van der Waals surface area contributed by atoms with E-state index in [-0.39, 0.29) is 11.5 Å². The first kappa shape index (κ1) is 11.3. The molecule has 1 fully saturated rings. The van der Waals surface area contributed by atoms with Gasteiger partial charge in [-0.2, -0.15) is 10.4 Å². The third kappa shape index (κ3) is 1.60. The van der Waals surface area contributed by atoms with Gasteiger partial charge in [-0.3, -0.25) is 4.68 Å². The van der Waals surface area contributed by atoms with Gasteiger partial charge in [-0.05, 0) is 19.9 Å². The van der Waals surface area contributed by atoms with E-state index >= 15 is 0 Å². The van der Waals surface area contributed by atoms with Crippen molar-refractivity contribution in [1.82, 2.24) is 9.78 Å². The van der Waals surface area contributed by atoms with E-state index in [0.29, 0.717) is 0 Å². The van der Waals surface area contributed by atoms with E-state index in [1.165, 1.54) is 0 Å². The summed E-state index contributed by atoms with van der Waals surface area (Å²) in [6.45, 7) is 4.88. The summed E-state index contributed by atoms with van der Waals surface area (Å²) in [4.78, 5) is 5.58. The first-order valence-corrected chi connectivity index (χ1v) is 6.35. The summed E-state index contributed by atoms with van der Waals surface area (Å²) in [5.41, 5.74) is 2.81. The number of rotatable bonds is 2. The molecule has 1 spiro atoms. The molecule has 0 atom stereocenters. The van der Waals surface area contributed by atoms with E-state index in [9.17, 15) is 0 Å². The summed E-state index contributed by atoms with van der Waals surface area (Å²) in [5.74, 6) is 0.136. The zero-order chi connectivity index (χ0) is 12.8. The van der Waals surface area contributed by atoms with Crippen molar-refractivity contribution in [3.05, 3.63) is 17.5 Å². The Kier molecular flexibility index (Phi) is 2.40. The lowest BCUT2D eigenvalue weighted by Crippen LogP contribution is -2.43. The van der Waals surface area contributed by atoms with E-state index < -0.39 is 0 Å². The van der Waals surface area contributed by atoms with E-state index in [1.54, 1.807) is 0 Å². The summed E-state index contributed by atoms with van der Waals surface area (Å²) in [6.07, 6.45) is 2.40. The average molecular weight is 244 g/mol. The van der Waals surface area contributed by atoms with Crippen molar-refractivity contribution in [2.24, 2.45) is 11.1 Å². The van der Waals surface area contributed by atoms with Crippen molar-refractivity contribution >= 4 is 5.71 Å². The van der Waals surface area contributed by atoms with Gasteiger partial charge < -0.3 is 4.84 Å². The highest BCUT2D eigenvalue weighted by Gasteiger charge is 2.51. The zero-order valence-corrected chi connectivity index (χ0v) is 10.7. The van der Waals surface area contributed by atoms with Crippen LogP contribution >= 0.6 is 0 Å². The molecule has 1 aromatic heterocycles. The van der Waals surface area contributed by atoms with Crippen LogP contribution in [0.15, 0.2) is 11.2 Å². The number of hydrogen-bond acceptors (Lipinski definition) is 4. The zero-order valence-electron chi connectivity index (χ0n) is 10.7. The maximum atomic E-state index is 8.84. The number of hydrogen-bond donors (Lipinski definition) is 0. The smallest absolute Gasteiger partial charge is 0.146 e. The van der Waals surface area contributed by atoms with Gasteiger partial charge in [0, 0.05) is 25.8 Å². The lowest BCUT2D eigenvalue weighted by molar-refractivity contribution is -0.0941. The van der Waals surface area contributed by atoms with Crippen molar-refractivity contribution in [1.29, 1.82) is 5.26 Å². The van der Waals surface area contributed by atoms with Crippen LogP contribution in [0.4, 0.5) is 0 Å². The maximum absolute atomic E-state index is 8.84. The molecule has 0 N–H and O–H groups in total. The lowest BCUT2D eigenvalue weighted by atomic mass is 9.69. The van der Waals surface area contributed by atoms with Gasteiger partial charge >= 0.3 is 0 Å². The molecular weight excluding hydrogens is 228 g/mol. The Morgan fingerprint density at radius 3 is 3.06 bits per heavy atom. The van der Waals surface area contributed by atoms with Crippen LogP contribution in [0.3, 0.4) is 0 Å². The molecule has 0 unspecified atom stereocenters. The second-order valence-corrected chi connectivity index (χ2v) is 5.21. The molecule has 1 aromatic rings. The second-order valence-electron chi connectivity index (χ2n) is 5.21. The van der Waals surface area contributed by atoms with Crippen LogP contribution in [-0.2, 0) is 11.4 Å². The van der Waals surface area contributed by atoms with Gasteiger partial charge in [0.25, 0.3) is 0 Å². The molecule has 0 radical (unpaired) electrons. The fourth-order valence-electron chi connectivity index (χ4n) is 2.83. The number of nitriles is 1. The first-order chi connectivity index (χ1) is 8.65. The summed E-state index contributed by atoms with van der Waals surface area (Å²) in [6, 6.07) is 4.33. The molecule has 3 rings (SSSR count). The predicted octanol–water partition coefficient (Wildman–Crippen LogP) is 2.01. The van der Waals surface area contributed by atoms with Crippen molar-refractivity contribution < 1.29 is 4.84 Å². The summed E-state index contributed by atoms with van der Waals surface area (Å²) < 4.78 is 1.96. The van der Waals surface area contributed by atoms with Gasteiger partial charge in [0.05, 0.1) is 23.4 Å². The molecule has 0 saturated heterocycles. The molecular formula is C13H16N4O. The number of oxime groups is 1. The Hall–Kier alpha value is -1.83. The number of nitrogens with zero attached hydrogens (tertiary/aromatic N) is 4. The monoisotopic (exact) mass is 244 g/mol. The molecule has 1 aliphatic carbocycles. The molecule has 0 amide bonds. The SMILES string of the molecule is CCn1nc(C)cc1C1=NOC2(C1)CC(C#N)C2. The predicted molar refractivity (Wildman–Crippen MR) is 65.9 cm³/mol. The van der Waals surface area contributed by atoms with Gasteiger partial charge in [-0.1, -0.05) is 5.16 Å². The molecule has 5 heteroatoms. The fraction of sp³-hybridized carbons (Fsp3) is 0.615. The normalized spacial score (nSPS) is 29.6. The van der Waals surface area contributed by atoms with Crippen LogP contribution in [0.25, 0.3) is 0 Å². The quantitative estimate of drug-likeness (QED) is 0.799. The lowest BCUT2D eigenvalue weighted by Gasteiger charge is -2.38. The third-order valence-corrected chi connectivity index (χ3v) is 3.76. The van der Waals surface area contributed by atoms with E-state index in [2.05, 4.69) is 23.2 Å². The van der Waals surface area contributed by atoms with Crippen molar-refractivity contribution in [2.45, 2.75) is 45.3 Å². The molecule has 2 aliphatic rings. The largest absolute Gasteiger partial charge is 0.388 e. The number of aromatic nitrogens is 2. The molecule has 0 bridgehead atoms. The summed E-state index contributed by atoms with van der Waals surface area (Å²) >= 11 is 0. The highest BCUT2D eigenvalue weighted by molar-refractivity contribution is 6.00. The Labute approximate surface area is 106 Å². The van der Waals surface area contributed by atoms with Crippen molar-refractivity contribution in [2.75, 3.05) is 0 Å². The molecule has 1 aliphatic heterocycles. The van der Waals surface area contributed by atoms with Crippen molar-refractivity contribution in [3.8, 4) is 6.07 Å². The highest BCUT2D eigenvalue weighted by Crippen LogP contribution is 2.46. The minimum absolute atomic E-state index is 0.136. The molecule has 1 saturated carbocycles. The highest BCUT2D eigenvalue weighted by atomic mass is 16.7. The third-order valence-electron chi connectivity index (χ3n) is 3.76. The Morgan fingerprint density at radius 1 is 1.61 bits per heavy atom. The average Bonchev–Trinajstić information content (AvgIpc) is 2.90. The van der Waals surface area contributed by atoms with Crippen LogP contribution in [0.2, 0.25) is 0 Å². The minimum Gasteiger partial charge on any atom is -0.388 e. The van der Waals surface area contributed by atoms with Gasteiger partial charge in [-0.25, -0.2) is 0 Å². The topological polar surface area (TPSA) is 63.2 Å². The molecule has 94 valence electrons. The summed E-state index contributed by atoms with van der Waals surface area (Å²) in [7, 11) is 0. The fourth-order valence-corrected chi connectivity index (χ4v) is 2.83. The molecule has 5 nitrogen and oxygen atoms in total. The van der Waals surface area contributed by atoms with Gasteiger partial charge in [-0.15, -0.1) is 0 Å². The Balaban J connectivity index is 1.78. The van der Waals surface area contributed by atoms with Gasteiger partial charge in [0.2, 0.25) is 0 Å². The van der Waals surface area contributed by atoms with Gasteiger partial charge in [0.1, 0.15) is 11.3 Å². The Morgan fingerprint density at radius 2 is 2.39 bits per heavy atom. The van der Waals surface area contributed by atoms with E-state index in [1.807, 2.05) is 17.7 Å². The van der Waals surface area contributed by atoms with E-state index in [4.69, 9.17) is 10.1 Å². The maximum Gasteiger partial charge on any atom is 0.146 e.